The molecule has 3 N–H and O–H groups in total. The Bertz CT molecular complexity index is 1460. The highest BCUT2D eigenvalue weighted by atomic mass is 16.2. The summed E-state index contributed by atoms with van der Waals surface area (Å²) in [6.45, 7) is 7.39. The second-order valence-electron chi connectivity index (χ2n) is 12.5. The Labute approximate surface area is 262 Å². The molecule has 12 heteroatoms. The summed E-state index contributed by atoms with van der Waals surface area (Å²) in [7, 11) is 0. The lowest BCUT2D eigenvalue weighted by molar-refractivity contribution is -0.136. The number of hydrogen-bond acceptors (Lipinski definition) is 9. The van der Waals surface area contributed by atoms with Gasteiger partial charge in [0.1, 0.15) is 6.04 Å². The number of nitrogens with zero attached hydrogens (tertiary/aromatic N) is 4. The summed E-state index contributed by atoms with van der Waals surface area (Å²) < 4.78 is 0. The Morgan fingerprint density at radius 2 is 1.73 bits per heavy atom. The van der Waals surface area contributed by atoms with Gasteiger partial charge in [-0.1, -0.05) is 13.0 Å². The molecule has 1 aromatic carbocycles. The van der Waals surface area contributed by atoms with Crippen LogP contribution in [0, 0.1) is 5.92 Å². The van der Waals surface area contributed by atoms with Gasteiger partial charge in [-0.2, -0.15) is 0 Å². The Kier molecular flexibility index (Phi) is 9.22. The first kappa shape index (κ1) is 30.8. The number of hydrogen-bond donors (Lipinski definition) is 3. The van der Waals surface area contributed by atoms with Crippen LogP contribution >= 0.6 is 0 Å². The molecule has 3 fully saturated rings. The molecule has 5 amide bonds. The largest absolute Gasteiger partial charge is 0.371 e. The molecule has 0 spiro atoms. The van der Waals surface area contributed by atoms with Crippen LogP contribution in [-0.4, -0.2) is 89.6 Å². The zero-order valence-corrected chi connectivity index (χ0v) is 25.7. The minimum Gasteiger partial charge on any atom is -0.371 e. The van der Waals surface area contributed by atoms with Gasteiger partial charge in [0.05, 0.1) is 22.4 Å². The number of carbonyl (C=O) groups excluding carboxylic acids is 5. The second-order valence-corrected chi connectivity index (χ2v) is 12.5. The van der Waals surface area contributed by atoms with Crippen LogP contribution < -0.4 is 21.1 Å². The van der Waals surface area contributed by atoms with Gasteiger partial charge in [-0.25, -0.2) is 5.43 Å². The van der Waals surface area contributed by atoms with E-state index in [9.17, 15) is 24.0 Å². The predicted molar refractivity (Wildman–Crippen MR) is 166 cm³/mol. The van der Waals surface area contributed by atoms with Crippen molar-refractivity contribution in [3.63, 3.8) is 0 Å². The van der Waals surface area contributed by atoms with Gasteiger partial charge in [0.25, 0.3) is 17.7 Å². The summed E-state index contributed by atoms with van der Waals surface area (Å²) in [5.74, 6) is -1.15. The van der Waals surface area contributed by atoms with Crippen molar-refractivity contribution in [3.8, 4) is 0 Å². The van der Waals surface area contributed by atoms with Crippen molar-refractivity contribution in [1.82, 2.24) is 31.0 Å². The van der Waals surface area contributed by atoms with Gasteiger partial charge < -0.3 is 9.80 Å². The molecule has 2 aromatic rings. The van der Waals surface area contributed by atoms with Gasteiger partial charge >= 0.3 is 0 Å². The SMILES string of the molecule is CCCNNC(=O)c1ccc(C2CCN(CC3CCN(c4cccc5c4C(=O)N(C4CCC(=O)NC4=O)C5=O)CC3)CC2)nc1. The lowest BCUT2D eigenvalue weighted by atomic mass is 9.90. The number of pyridine rings is 1. The Morgan fingerprint density at radius 3 is 2.42 bits per heavy atom. The van der Waals surface area contributed by atoms with Crippen molar-refractivity contribution in [3.05, 3.63) is 58.9 Å². The predicted octanol–water partition coefficient (Wildman–Crippen LogP) is 2.22. The number of nitrogens with one attached hydrogen (secondary N) is 3. The van der Waals surface area contributed by atoms with Crippen molar-refractivity contribution in [2.45, 2.75) is 63.8 Å². The fraction of sp³-hybridized carbons (Fsp3) is 0.515. The first-order chi connectivity index (χ1) is 21.8. The number of fused-ring (bicyclic) bond motifs is 1. The van der Waals surface area contributed by atoms with E-state index in [1.54, 1.807) is 18.3 Å². The summed E-state index contributed by atoms with van der Waals surface area (Å²) >= 11 is 0. The van der Waals surface area contributed by atoms with Gasteiger partial charge in [-0.15, -0.1) is 0 Å². The summed E-state index contributed by atoms with van der Waals surface area (Å²) in [5, 5.41) is 2.26. The zero-order valence-electron chi connectivity index (χ0n) is 25.7. The molecule has 12 nitrogen and oxygen atoms in total. The molecule has 0 aliphatic carbocycles. The Morgan fingerprint density at radius 1 is 0.956 bits per heavy atom. The van der Waals surface area contributed by atoms with E-state index in [2.05, 4.69) is 31.0 Å². The standard InChI is InChI=1S/C33H41N7O5/c1-2-14-35-37-30(42)23-6-7-25(34-19-23)22-12-15-38(16-13-22)20-21-10-17-39(18-11-21)26-5-3-4-24-29(26)33(45)40(32(24)44)27-8-9-28(41)36-31(27)43/h3-7,19,21-22,27,35H,2,8-18,20H2,1H3,(H,37,42)(H,36,41,43). The highest BCUT2D eigenvalue weighted by Crippen LogP contribution is 2.36. The molecule has 4 aliphatic heterocycles. The first-order valence-electron chi connectivity index (χ1n) is 16.1. The molecular weight excluding hydrogens is 574 g/mol. The molecule has 5 heterocycles. The third kappa shape index (κ3) is 6.48. The highest BCUT2D eigenvalue weighted by molar-refractivity contribution is 6.25. The molecule has 1 unspecified atom stereocenters. The minimum atomic E-state index is -0.965. The van der Waals surface area contributed by atoms with Gasteiger partial charge in [-0.3, -0.25) is 44.6 Å². The third-order valence-corrected chi connectivity index (χ3v) is 9.55. The van der Waals surface area contributed by atoms with Crippen LogP contribution in [-0.2, 0) is 9.59 Å². The van der Waals surface area contributed by atoms with E-state index < -0.39 is 23.8 Å². The number of likely N-dealkylation sites (tertiary alicyclic amines) is 1. The number of amides is 5. The fourth-order valence-electron chi connectivity index (χ4n) is 7.01. The average Bonchev–Trinajstić information content (AvgIpc) is 3.31. The molecule has 238 valence electrons. The van der Waals surface area contributed by atoms with Crippen molar-refractivity contribution in [1.29, 1.82) is 0 Å². The number of anilines is 1. The number of carbonyl (C=O) groups is 5. The Hall–Kier alpha value is -4.16. The lowest BCUT2D eigenvalue weighted by Crippen LogP contribution is -2.54. The molecule has 1 atom stereocenters. The molecule has 1 aromatic heterocycles. The van der Waals surface area contributed by atoms with Crippen LogP contribution in [0.3, 0.4) is 0 Å². The van der Waals surface area contributed by atoms with Crippen LogP contribution in [0.2, 0.25) is 0 Å². The van der Waals surface area contributed by atoms with Gasteiger partial charge in [0.15, 0.2) is 0 Å². The zero-order chi connectivity index (χ0) is 31.5. The summed E-state index contributed by atoms with van der Waals surface area (Å²) in [4.78, 5) is 73.5. The van der Waals surface area contributed by atoms with Gasteiger partial charge in [0.2, 0.25) is 11.8 Å². The van der Waals surface area contributed by atoms with Crippen molar-refractivity contribution in [2.75, 3.05) is 44.2 Å². The summed E-state index contributed by atoms with van der Waals surface area (Å²) in [6.07, 6.45) is 6.88. The number of hydrazine groups is 1. The Balaban J connectivity index is 0.997. The van der Waals surface area contributed by atoms with Crippen LogP contribution in [0.5, 0.6) is 0 Å². The molecule has 0 saturated carbocycles. The highest BCUT2D eigenvalue weighted by Gasteiger charge is 2.46. The van der Waals surface area contributed by atoms with Crippen molar-refractivity contribution >= 4 is 35.2 Å². The van der Waals surface area contributed by atoms with Crippen molar-refractivity contribution < 1.29 is 24.0 Å². The number of aromatic nitrogens is 1. The number of rotatable bonds is 9. The third-order valence-electron chi connectivity index (χ3n) is 9.55. The monoisotopic (exact) mass is 615 g/mol. The number of benzene rings is 1. The minimum absolute atomic E-state index is 0.100. The maximum Gasteiger partial charge on any atom is 0.266 e. The van der Waals surface area contributed by atoms with Gasteiger partial charge in [-0.05, 0) is 81.8 Å². The molecule has 45 heavy (non-hydrogen) atoms. The van der Waals surface area contributed by atoms with E-state index in [1.807, 2.05) is 25.1 Å². The van der Waals surface area contributed by atoms with E-state index in [1.165, 1.54) is 0 Å². The van der Waals surface area contributed by atoms with Crippen LogP contribution in [0.1, 0.15) is 94.6 Å². The summed E-state index contributed by atoms with van der Waals surface area (Å²) in [6, 6.07) is 8.20. The number of imide groups is 2. The van der Waals surface area contributed by atoms with E-state index in [0.717, 1.165) is 87.7 Å². The first-order valence-corrected chi connectivity index (χ1v) is 16.1. The maximum absolute atomic E-state index is 13.5. The quantitative estimate of drug-likeness (QED) is 0.220. The smallest absolute Gasteiger partial charge is 0.266 e. The lowest BCUT2D eigenvalue weighted by Gasteiger charge is -2.38. The average molecular weight is 616 g/mol. The second kappa shape index (κ2) is 13.5. The van der Waals surface area contributed by atoms with Crippen LogP contribution in [0.4, 0.5) is 5.69 Å². The van der Waals surface area contributed by atoms with E-state index in [0.29, 0.717) is 28.5 Å². The molecule has 6 rings (SSSR count). The van der Waals surface area contributed by atoms with E-state index >= 15 is 0 Å². The van der Waals surface area contributed by atoms with Crippen LogP contribution in [0.25, 0.3) is 0 Å². The van der Waals surface area contributed by atoms with Crippen molar-refractivity contribution in [2.24, 2.45) is 5.92 Å². The molecule has 4 aliphatic rings. The fourth-order valence-corrected chi connectivity index (χ4v) is 7.01. The normalized spacial score (nSPS) is 21.7. The van der Waals surface area contributed by atoms with E-state index in [-0.39, 0.29) is 24.7 Å². The molecular formula is C33H41N7O5. The summed E-state index contributed by atoms with van der Waals surface area (Å²) in [5.41, 5.74) is 8.62. The van der Waals surface area contributed by atoms with Crippen LogP contribution in [0.15, 0.2) is 36.5 Å². The molecule has 0 radical (unpaired) electrons. The van der Waals surface area contributed by atoms with Gasteiger partial charge in [0, 0.05) is 50.4 Å². The maximum atomic E-state index is 13.5. The topological polar surface area (TPSA) is 144 Å². The van der Waals surface area contributed by atoms with E-state index in [4.69, 9.17) is 0 Å². The molecule has 3 saturated heterocycles. The molecule has 0 bridgehead atoms. The number of piperidine rings is 3.